The van der Waals surface area contributed by atoms with Crippen LogP contribution in [0.4, 0.5) is 4.79 Å². The molecule has 0 aliphatic carbocycles. The number of aromatic hydroxyl groups is 1. The summed E-state index contributed by atoms with van der Waals surface area (Å²) in [5, 5.41) is 12.5. The number of amides is 1. The van der Waals surface area contributed by atoms with E-state index in [2.05, 4.69) is 4.98 Å². The Morgan fingerprint density at radius 2 is 2.00 bits per heavy atom. The maximum atomic E-state index is 10.9. The van der Waals surface area contributed by atoms with Crippen molar-refractivity contribution in [3.63, 3.8) is 0 Å². The van der Waals surface area contributed by atoms with Crippen LogP contribution >= 0.6 is 0 Å². The zero-order valence-electron chi connectivity index (χ0n) is 16.1. The minimum absolute atomic E-state index is 0.166. The Hall–Kier alpha value is -3.93. The highest BCUT2D eigenvalue weighted by Gasteiger charge is 2.12. The molecule has 4 rings (SSSR count). The number of carbonyl (C=O) groups is 1. The van der Waals surface area contributed by atoms with E-state index in [1.165, 1.54) is 0 Å². The number of fused-ring (bicyclic) bond motifs is 2. The molecule has 0 aliphatic heterocycles. The van der Waals surface area contributed by atoms with Crippen molar-refractivity contribution in [3.8, 4) is 11.5 Å². The van der Waals surface area contributed by atoms with Gasteiger partial charge in [0.25, 0.3) is 0 Å². The summed E-state index contributed by atoms with van der Waals surface area (Å²) < 4.78 is 6.96. The molecule has 0 radical (unpaired) electrons. The fraction of sp³-hybridized carbons (Fsp3) is 0.0870. The lowest BCUT2D eigenvalue weighted by atomic mass is 10.0. The molecule has 1 amide bonds. The predicted octanol–water partition coefficient (Wildman–Crippen LogP) is 3.85. The number of ether oxygens (including phenoxy) is 1. The number of benzene rings is 2. The van der Waals surface area contributed by atoms with E-state index in [1.54, 1.807) is 18.3 Å². The van der Waals surface area contributed by atoms with Gasteiger partial charge in [-0.2, -0.15) is 4.57 Å². The summed E-state index contributed by atoms with van der Waals surface area (Å²) in [6.45, 7) is 2.00. The number of primary amides is 1. The smallest absolute Gasteiger partial charge is 0.409 e. The lowest BCUT2D eigenvalue weighted by Crippen LogP contribution is -2.32. The topological polar surface area (TPSA) is 89.3 Å². The number of phenols is 1. The molecule has 2 aromatic heterocycles. The third kappa shape index (κ3) is 3.48. The summed E-state index contributed by atoms with van der Waals surface area (Å²) in [7, 11) is 1.95. The molecule has 0 spiro atoms. The van der Waals surface area contributed by atoms with E-state index >= 15 is 0 Å². The number of carbonyl (C=O) groups excluding carboxylic acids is 1. The average Bonchev–Trinajstić information content (AvgIpc) is 2.70. The maximum absolute atomic E-state index is 10.9. The summed E-state index contributed by atoms with van der Waals surface area (Å²) in [5.74, 6) is 0.566. The number of phenolic OH excluding ortho intramolecular Hbond substituents is 1. The first-order chi connectivity index (χ1) is 13.9. The molecular formula is C23H20N3O3+. The van der Waals surface area contributed by atoms with Gasteiger partial charge in [-0.1, -0.05) is 6.07 Å². The Kier molecular flexibility index (Phi) is 4.60. The first kappa shape index (κ1) is 18.4. The van der Waals surface area contributed by atoms with E-state index in [4.69, 9.17) is 10.5 Å². The molecule has 0 saturated heterocycles. The van der Waals surface area contributed by atoms with Gasteiger partial charge in [-0.3, -0.25) is 4.98 Å². The third-order valence-corrected chi connectivity index (χ3v) is 4.94. The summed E-state index contributed by atoms with van der Waals surface area (Å²) in [6.07, 6.45) is 4.65. The molecule has 3 N–H and O–H groups in total. The third-order valence-electron chi connectivity index (χ3n) is 4.94. The molecule has 0 bridgehead atoms. The van der Waals surface area contributed by atoms with Gasteiger partial charge in [-0.05, 0) is 48.9 Å². The Balaban J connectivity index is 1.73. The molecule has 6 heteroatoms. The van der Waals surface area contributed by atoms with Gasteiger partial charge in [0.1, 0.15) is 24.1 Å². The van der Waals surface area contributed by atoms with Crippen molar-refractivity contribution in [1.82, 2.24) is 4.98 Å². The minimum Gasteiger partial charge on any atom is -0.505 e. The summed E-state index contributed by atoms with van der Waals surface area (Å²) in [6, 6.07) is 15.0. The molecule has 2 heterocycles. The van der Waals surface area contributed by atoms with Crippen LogP contribution in [0.3, 0.4) is 0 Å². The second kappa shape index (κ2) is 7.24. The van der Waals surface area contributed by atoms with Crippen molar-refractivity contribution < 1.29 is 19.2 Å². The van der Waals surface area contributed by atoms with E-state index in [0.717, 1.165) is 27.5 Å². The van der Waals surface area contributed by atoms with Crippen molar-refractivity contribution >= 4 is 40.1 Å². The van der Waals surface area contributed by atoms with E-state index in [0.29, 0.717) is 16.8 Å². The van der Waals surface area contributed by atoms with Crippen LogP contribution in [0.25, 0.3) is 34.0 Å². The molecule has 29 heavy (non-hydrogen) atoms. The van der Waals surface area contributed by atoms with Crippen LogP contribution in [-0.4, -0.2) is 16.2 Å². The standard InChI is InChI=1S/C23H19N3O3/c1-14-12-16(22(27)21-19(14)4-3-11-25-21)6-8-17-7-5-15-13-18(29-23(24)28)9-10-20(15)26(17)2/h3-13H,1-2H3,(H2,24,28)/p+1. The van der Waals surface area contributed by atoms with Crippen LogP contribution in [0.5, 0.6) is 11.5 Å². The number of aromatic nitrogens is 2. The number of hydrogen-bond donors (Lipinski definition) is 2. The molecule has 4 aromatic rings. The molecule has 2 aromatic carbocycles. The van der Waals surface area contributed by atoms with Crippen molar-refractivity contribution in [2.24, 2.45) is 12.8 Å². The lowest BCUT2D eigenvalue weighted by molar-refractivity contribution is -0.646. The zero-order valence-corrected chi connectivity index (χ0v) is 16.1. The van der Waals surface area contributed by atoms with Gasteiger partial charge >= 0.3 is 6.09 Å². The van der Waals surface area contributed by atoms with Crippen molar-refractivity contribution in [2.45, 2.75) is 6.92 Å². The maximum Gasteiger partial charge on any atom is 0.409 e. The molecule has 0 atom stereocenters. The van der Waals surface area contributed by atoms with Crippen LogP contribution in [0, 0.1) is 6.92 Å². The lowest BCUT2D eigenvalue weighted by Gasteiger charge is -2.07. The van der Waals surface area contributed by atoms with Crippen LogP contribution < -0.4 is 15.0 Å². The number of hydrogen-bond acceptors (Lipinski definition) is 4. The molecular weight excluding hydrogens is 366 g/mol. The number of aryl methyl sites for hydroxylation is 2. The number of nitrogens with zero attached hydrogens (tertiary/aromatic N) is 2. The fourth-order valence-electron chi connectivity index (χ4n) is 3.48. The number of pyridine rings is 2. The quantitative estimate of drug-likeness (QED) is 0.523. The highest BCUT2D eigenvalue weighted by atomic mass is 16.5. The van der Waals surface area contributed by atoms with Crippen molar-refractivity contribution in [2.75, 3.05) is 0 Å². The Bertz CT molecular complexity index is 1300. The van der Waals surface area contributed by atoms with Crippen LogP contribution in [0.15, 0.2) is 54.7 Å². The second-order valence-corrected chi connectivity index (χ2v) is 6.82. The molecule has 144 valence electrons. The average molecular weight is 386 g/mol. The van der Waals surface area contributed by atoms with Gasteiger partial charge in [0.2, 0.25) is 11.2 Å². The van der Waals surface area contributed by atoms with Crippen molar-refractivity contribution in [3.05, 3.63) is 71.5 Å². The predicted molar refractivity (Wildman–Crippen MR) is 112 cm³/mol. The van der Waals surface area contributed by atoms with E-state index < -0.39 is 6.09 Å². The second-order valence-electron chi connectivity index (χ2n) is 6.82. The van der Waals surface area contributed by atoms with Gasteiger partial charge < -0.3 is 15.6 Å². The highest BCUT2D eigenvalue weighted by Crippen LogP contribution is 2.31. The van der Waals surface area contributed by atoms with Crippen LogP contribution in [-0.2, 0) is 7.05 Å². The van der Waals surface area contributed by atoms with Gasteiger partial charge in [0, 0.05) is 35.4 Å². The van der Waals surface area contributed by atoms with E-state index in [1.807, 2.05) is 67.1 Å². The molecule has 0 saturated carbocycles. The van der Waals surface area contributed by atoms with Crippen LogP contribution in [0.2, 0.25) is 0 Å². The Morgan fingerprint density at radius 1 is 1.17 bits per heavy atom. The first-order valence-corrected chi connectivity index (χ1v) is 9.09. The molecule has 0 fully saturated rings. The SMILES string of the molecule is Cc1cc(C=Cc2ccc3cc(OC(N)=O)ccc3[n+]2C)c(O)c2ncccc12. The largest absolute Gasteiger partial charge is 0.505 e. The monoisotopic (exact) mass is 386 g/mol. The van der Waals surface area contributed by atoms with E-state index in [-0.39, 0.29) is 5.75 Å². The van der Waals surface area contributed by atoms with Gasteiger partial charge in [0.05, 0.1) is 5.39 Å². The minimum atomic E-state index is -0.840. The summed E-state index contributed by atoms with van der Waals surface area (Å²) in [4.78, 5) is 15.3. The normalized spacial score (nSPS) is 11.4. The number of rotatable bonds is 3. The van der Waals surface area contributed by atoms with Crippen molar-refractivity contribution in [1.29, 1.82) is 0 Å². The highest BCUT2D eigenvalue weighted by molar-refractivity contribution is 5.92. The molecule has 6 nitrogen and oxygen atoms in total. The van der Waals surface area contributed by atoms with Gasteiger partial charge in [-0.25, -0.2) is 4.79 Å². The van der Waals surface area contributed by atoms with Gasteiger partial charge in [0.15, 0.2) is 0 Å². The molecule has 0 unspecified atom stereocenters. The zero-order chi connectivity index (χ0) is 20.5. The Labute approximate surface area is 167 Å². The van der Waals surface area contributed by atoms with Crippen LogP contribution in [0.1, 0.15) is 16.8 Å². The first-order valence-electron chi connectivity index (χ1n) is 9.09. The number of nitrogens with two attached hydrogens (primary N) is 1. The summed E-state index contributed by atoms with van der Waals surface area (Å²) in [5.41, 5.74) is 9.33. The fourth-order valence-corrected chi connectivity index (χ4v) is 3.48. The molecule has 0 aliphatic rings. The van der Waals surface area contributed by atoms with Gasteiger partial charge in [-0.15, -0.1) is 0 Å². The summed E-state index contributed by atoms with van der Waals surface area (Å²) >= 11 is 0. The Morgan fingerprint density at radius 3 is 2.79 bits per heavy atom. The van der Waals surface area contributed by atoms with E-state index in [9.17, 15) is 9.90 Å².